The summed E-state index contributed by atoms with van der Waals surface area (Å²) in [5, 5.41) is 23.3. The van der Waals surface area contributed by atoms with Gasteiger partial charge in [0.25, 0.3) is 0 Å². The van der Waals surface area contributed by atoms with Crippen LogP contribution >= 0.6 is 0 Å². The van der Waals surface area contributed by atoms with Gasteiger partial charge in [-0.1, -0.05) is 24.3 Å². The average Bonchev–Trinajstić information content (AvgIpc) is 2.80. The number of carbonyl (C=O) groups excluding carboxylic acids is 1. The van der Waals surface area contributed by atoms with Crippen LogP contribution in [0.2, 0.25) is 0 Å². The highest BCUT2D eigenvalue weighted by molar-refractivity contribution is 6.00. The SMILES string of the molecule is O=C(O)CCCC=C(c1cccnc1)c1cccc(NC(=O)Nc2ccc(C(=O)O)cc2)c1. The molecule has 0 spiro atoms. The number of pyridine rings is 1. The smallest absolute Gasteiger partial charge is 0.335 e. The highest BCUT2D eigenvalue weighted by atomic mass is 16.4. The maximum Gasteiger partial charge on any atom is 0.335 e. The monoisotopic (exact) mass is 445 g/mol. The molecule has 8 heteroatoms. The van der Waals surface area contributed by atoms with Crippen LogP contribution in [0.4, 0.5) is 16.2 Å². The number of nitrogens with zero attached hydrogens (tertiary/aromatic N) is 1. The highest BCUT2D eigenvalue weighted by Crippen LogP contribution is 2.26. The first-order valence-corrected chi connectivity index (χ1v) is 10.3. The Morgan fingerprint density at radius 1 is 0.848 bits per heavy atom. The van der Waals surface area contributed by atoms with Crippen LogP contribution < -0.4 is 10.6 Å². The lowest BCUT2D eigenvalue weighted by atomic mass is 9.97. The number of hydrogen-bond acceptors (Lipinski definition) is 4. The summed E-state index contributed by atoms with van der Waals surface area (Å²) in [5.74, 6) is -1.87. The average molecular weight is 445 g/mol. The Kier molecular flexibility index (Phi) is 7.91. The minimum Gasteiger partial charge on any atom is -0.481 e. The number of unbranched alkanes of at least 4 members (excludes halogenated alkanes) is 1. The van der Waals surface area contributed by atoms with Gasteiger partial charge in [-0.2, -0.15) is 0 Å². The minimum absolute atomic E-state index is 0.0893. The lowest BCUT2D eigenvalue weighted by Crippen LogP contribution is -2.19. The molecule has 3 rings (SSSR count). The number of allylic oxidation sites excluding steroid dienone is 1. The summed E-state index contributed by atoms with van der Waals surface area (Å²) in [6.07, 6.45) is 6.57. The second kappa shape index (κ2) is 11.2. The van der Waals surface area contributed by atoms with E-state index in [1.54, 1.807) is 18.5 Å². The molecule has 0 saturated heterocycles. The van der Waals surface area contributed by atoms with E-state index in [1.165, 1.54) is 24.3 Å². The van der Waals surface area contributed by atoms with Crippen LogP contribution in [-0.2, 0) is 4.79 Å². The van der Waals surface area contributed by atoms with Crippen LogP contribution in [0, 0.1) is 0 Å². The molecule has 3 aromatic rings. The van der Waals surface area contributed by atoms with Crippen molar-refractivity contribution in [2.45, 2.75) is 19.3 Å². The number of nitrogens with one attached hydrogen (secondary N) is 2. The number of aliphatic carboxylic acids is 1. The van der Waals surface area contributed by atoms with Gasteiger partial charge in [-0.25, -0.2) is 9.59 Å². The van der Waals surface area contributed by atoms with Gasteiger partial charge in [-0.15, -0.1) is 0 Å². The highest BCUT2D eigenvalue weighted by Gasteiger charge is 2.09. The fourth-order valence-electron chi connectivity index (χ4n) is 3.18. The molecule has 0 radical (unpaired) electrons. The Morgan fingerprint density at radius 3 is 2.24 bits per heavy atom. The van der Waals surface area contributed by atoms with E-state index >= 15 is 0 Å². The third kappa shape index (κ3) is 7.03. The van der Waals surface area contributed by atoms with Crippen molar-refractivity contribution in [3.05, 3.63) is 95.8 Å². The topological polar surface area (TPSA) is 129 Å². The fourth-order valence-corrected chi connectivity index (χ4v) is 3.18. The van der Waals surface area contributed by atoms with E-state index in [1.807, 2.05) is 36.4 Å². The second-order valence-electron chi connectivity index (χ2n) is 7.19. The number of amides is 2. The second-order valence-corrected chi connectivity index (χ2v) is 7.19. The molecule has 168 valence electrons. The Morgan fingerprint density at radius 2 is 1.58 bits per heavy atom. The van der Waals surface area contributed by atoms with Crippen LogP contribution in [0.25, 0.3) is 5.57 Å². The number of carbonyl (C=O) groups is 3. The number of benzene rings is 2. The molecule has 0 unspecified atom stereocenters. The molecule has 8 nitrogen and oxygen atoms in total. The molecule has 0 fully saturated rings. The van der Waals surface area contributed by atoms with Gasteiger partial charge in [-0.3, -0.25) is 9.78 Å². The number of carboxylic acids is 2. The zero-order chi connectivity index (χ0) is 23.6. The molecule has 0 aliphatic carbocycles. The Hall–Kier alpha value is -4.46. The van der Waals surface area contributed by atoms with E-state index in [-0.39, 0.29) is 12.0 Å². The molecule has 1 heterocycles. The van der Waals surface area contributed by atoms with E-state index in [0.29, 0.717) is 24.2 Å². The van der Waals surface area contributed by atoms with Crippen molar-refractivity contribution < 1.29 is 24.6 Å². The van der Waals surface area contributed by atoms with Gasteiger partial charge < -0.3 is 20.8 Å². The Labute approximate surface area is 190 Å². The van der Waals surface area contributed by atoms with Crippen molar-refractivity contribution in [3.8, 4) is 0 Å². The summed E-state index contributed by atoms with van der Waals surface area (Å²) in [6.45, 7) is 0. The van der Waals surface area contributed by atoms with E-state index in [0.717, 1.165) is 16.7 Å². The normalized spacial score (nSPS) is 11.0. The first kappa shape index (κ1) is 23.2. The third-order valence-corrected chi connectivity index (χ3v) is 4.74. The lowest BCUT2D eigenvalue weighted by molar-refractivity contribution is -0.137. The number of anilines is 2. The van der Waals surface area contributed by atoms with Gasteiger partial charge in [0.1, 0.15) is 0 Å². The molecule has 0 saturated carbocycles. The number of urea groups is 1. The molecule has 2 aromatic carbocycles. The Balaban J connectivity index is 1.74. The van der Waals surface area contributed by atoms with Gasteiger partial charge >= 0.3 is 18.0 Å². The summed E-state index contributed by atoms with van der Waals surface area (Å²) < 4.78 is 0. The first-order valence-electron chi connectivity index (χ1n) is 10.3. The molecular formula is C25H23N3O5. The number of carboxylic acid groups (broad SMARTS) is 2. The maximum absolute atomic E-state index is 12.4. The van der Waals surface area contributed by atoms with Gasteiger partial charge in [0.15, 0.2) is 0 Å². The van der Waals surface area contributed by atoms with Gasteiger partial charge in [0.05, 0.1) is 5.56 Å². The van der Waals surface area contributed by atoms with Crippen LogP contribution in [0.15, 0.2) is 79.1 Å². The lowest BCUT2D eigenvalue weighted by Gasteiger charge is -2.12. The first-order chi connectivity index (χ1) is 15.9. The van der Waals surface area contributed by atoms with Crippen LogP contribution in [0.1, 0.15) is 40.7 Å². The minimum atomic E-state index is -1.04. The summed E-state index contributed by atoms with van der Waals surface area (Å²) in [7, 11) is 0. The Bertz CT molecular complexity index is 1160. The summed E-state index contributed by atoms with van der Waals surface area (Å²) in [4.78, 5) is 38.3. The molecule has 2 amide bonds. The summed E-state index contributed by atoms with van der Waals surface area (Å²) in [6, 6.07) is 16.4. The number of aromatic nitrogens is 1. The molecule has 0 aliphatic rings. The van der Waals surface area contributed by atoms with Gasteiger partial charge in [0.2, 0.25) is 0 Å². The molecule has 0 bridgehead atoms. The predicted molar refractivity (Wildman–Crippen MR) is 125 cm³/mol. The predicted octanol–water partition coefficient (Wildman–Crippen LogP) is 5.11. The zero-order valence-corrected chi connectivity index (χ0v) is 17.7. The van der Waals surface area contributed by atoms with Crippen molar-refractivity contribution in [2.75, 3.05) is 10.6 Å². The molecular weight excluding hydrogens is 422 g/mol. The zero-order valence-electron chi connectivity index (χ0n) is 17.7. The molecule has 4 N–H and O–H groups in total. The van der Waals surface area contributed by atoms with Crippen molar-refractivity contribution in [1.82, 2.24) is 4.98 Å². The summed E-state index contributed by atoms with van der Waals surface area (Å²) >= 11 is 0. The van der Waals surface area contributed by atoms with Crippen LogP contribution in [0.5, 0.6) is 0 Å². The molecule has 0 aliphatic heterocycles. The summed E-state index contributed by atoms with van der Waals surface area (Å²) in [5.41, 5.74) is 3.78. The van der Waals surface area contributed by atoms with Crippen molar-refractivity contribution in [2.24, 2.45) is 0 Å². The van der Waals surface area contributed by atoms with Crippen LogP contribution in [-0.4, -0.2) is 33.2 Å². The van der Waals surface area contributed by atoms with E-state index in [2.05, 4.69) is 15.6 Å². The van der Waals surface area contributed by atoms with Crippen molar-refractivity contribution >= 4 is 34.9 Å². The molecule has 1 aromatic heterocycles. The van der Waals surface area contributed by atoms with Gasteiger partial charge in [-0.05, 0) is 66.4 Å². The van der Waals surface area contributed by atoms with Crippen LogP contribution in [0.3, 0.4) is 0 Å². The van der Waals surface area contributed by atoms with Crippen molar-refractivity contribution in [1.29, 1.82) is 0 Å². The van der Waals surface area contributed by atoms with Crippen molar-refractivity contribution in [3.63, 3.8) is 0 Å². The van der Waals surface area contributed by atoms with Gasteiger partial charge in [0, 0.05) is 35.8 Å². The molecule has 0 atom stereocenters. The third-order valence-electron chi connectivity index (χ3n) is 4.74. The number of aromatic carboxylic acids is 1. The maximum atomic E-state index is 12.4. The van der Waals surface area contributed by atoms with E-state index < -0.39 is 18.0 Å². The van der Waals surface area contributed by atoms with E-state index in [4.69, 9.17) is 10.2 Å². The molecule has 33 heavy (non-hydrogen) atoms. The van der Waals surface area contributed by atoms with E-state index in [9.17, 15) is 14.4 Å². The quantitative estimate of drug-likeness (QED) is 0.339. The fraction of sp³-hybridized carbons (Fsp3) is 0.120. The number of rotatable bonds is 9. The largest absolute Gasteiger partial charge is 0.481 e. The number of hydrogen-bond donors (Lipinski definition) is 4. The standard InChI is InChI=1S/C25H23N3O5/c29-23(30)9-2-1-8-22(19-6-4-14-26-16-19)18-5-3-7-21(15-18)28-25(33)27-20-12-10-17(11-13-20)24(31)32/h3-8,10-16H,1-2,9H2,(H,29,30)(H,31,32)(H2,27,28,33).